The van der Waals surface area contributed by atoms with Crippen LogP contribution in [0.5, 0.6) is 0 Å². The van der Waals surface area contributed by atoms with E-state index in [0.717, 1.165) is 5.76 Å². The number of fused-ring (bicyclic) bond motifs is 1. The second kappa shape index (κ2) is 7.94. The van der Waals surface area contributed by atoms with Gasteiger partial charge in [0, 0.05) is 13.7 Å². The summed E-state index contributed by atoms with van der Waals surface area (Å²) in [5, 5.41) is 2.88. The first-order chi connectivity index (χ1) is 12.9. The van der Waals surface area contributed by atoms with Crippen LogP contribution in [0.4, 0.5) is 11.4 Å². The first-order valence-corrected chi connectivity index (χ1v) is 8.90. The lowest BCUT2D eigenvalue weighted by atomic mass is 9.96. The first kappa shape index (κ1) is 19.1. The maximum Gasteiger partial charge on any atom is 0.250 e. The summed E-state index contributed by atoms with van der Waals surface area (Å²) in [6, 6.07) is 11.0. The van der Waals surface area contributed by atoms with E-state index in [1.54, 1.807) is 38.2 Å². The molecule has 0 fully saturated rings. The molecular formula is C20H25N3O4. The molecule has 1 N–H and O–H groups in total. The van der Waals surface area contributed by atoms with Gasteiger partial charge in [0.25, 0.3) is 0 Å². The summed E-state index contributed by atoms with van der Waals surface area (Å²) in [5.74, 6) is 0.420. The molecule has 1 aromatic carbocycles. The molecule has 7 nitrogen and oxygen atoms in total. The van der Waals surface area contributed by atoms with E-state index >= 15 is 0 Å². The topological polar surface area (TPSA) is 75.0 Å². The van der Waals surface area contributed by atoms with Crippen LogP contribution < -0.4 is 10.2 Å². The van der Waals surface area contributed by atoms with Crippen LogP contribution in [0, 0.1) is 0 Å². The van der Waals surface area contributed by atoms with Gasteiger partial charge in [-0.2, -0.15) is 0 Å². The number of hydrogen-bond donors (Lipinski definition) is 1. The molecule has 0 spiro atoms. The Morgan fingerprint density at radius 2 is 2.04 bits per heavy atom. The van der Waals surface area contributed by atoms with Crippen molar-refractivity contribution in [3.8, 4) is 0 Å². The Balaban J connectivity index is 1.84. The number of nitrogens with zero attached hydrogens (tertiary/aromatic N) is 2. The van der Waals surface area contributed by atoms with Gasteiger partial charge in [0.15, 0.2) is 0 Å². The van der Waals surface area contributed by atoms with Crippen molar-refractivity contribution >= 4 is 23.2 Å². The number of anilines is 2. The number of amides is 2. The molecule has 0 saturated heterocycles. The number of nitrogens with one attached hydrogen (secondary N) is 1. The van der Waals surface area contributed by atoms with Crippen molar-refractivity contribution < 1.29 is 18.7 Å². The zero-order valence-electron chi connectivity index (χ0n) is 15.9. The average Bonchev–Trinajstić information content (AvgIpc) is 3.13. The van der Waals surface area contributed by atoms with E-state index in [1.165, 1.54) is 0 Å². The Bertz CT molecular complexity index is 801. The van der Waals surface area contributed by atoms with Crippen molar-refractivity contribution in [2.24, 2.45) is 0 Å². The number of benzene rings is 1. The van der Waals surface area contributed by atoms with Crippen LogP contribution >= 0.6 is 0 Å². The fraction of sp³-hybridized carbons (Fsp3) is 0.400. The van der Waals surface area contributed by atoms with Crippen LogP contribution in [0.2, 0.25) is 0 Å². The second-order valence-corrected chi connectivity index (χ2v) is 7.04. The SMILES string of the molecule is COCCN(CC(=O)N1c2ccccc2NC(=O)C1(C)C)Cc1ccco1. The third-order valence-corrected chi connectivity index (χ3v) is 4.69. The first-order valence-electron chi connectivity index (χ1n) is 8.90. The van der Waals surface area contributed by atoms with E-state index < -0.39 is 5.54 Å². The lowest BCUT2D eigenvalue weighted by molar-refractivity contribution is -0.127. The van der Waals surface area contributed by atoms with Gasteiger partial charge in [-0.15, -0.1) is 0 Å². The molecule has 1 aromatic heterocycles. The molecule has 0 unspecified atom stereocenters. The molecule has 0 radical (unpaired) electrons. The molecule has 3 rings (SSSR count). The van der Waals surface area contributed by atoms with Crippen LogP contribution in [0.1, 0.15) is 19.6 Å². The van der Waals surface area contributed by atoms with Crippen LogP contribution in [-0.4, -0.2) is 49.1 Å². The van der Waals surface area contributed by atoms with Crippen molar-refractivity contribution in [1.29, 1.82) is 0 Å². The fourth-order valence-electron chi connectivity index (χ4n) is 3.22. The predicted molar refractivity (Wildman–Crippen MR) is 102 cm³/mol. The minimum atomic E-state index is -0.983. The minimum Gasteiger partial charge on any atom is -0.468 e. The van der Waals surface area contributed by atoms with Crippen molar-refractivity contribution in [1.82, 2.24) is 4.90 Å². The highest BCUT2D eigenvalue weighted by Crippen LogP contribution is 2.36. The Morgan fingerprint density at radius 1 is 1.26 bits per heavy atom. The van der Waals surface area contributed by atoms with Gasteiger partial charge in [-0.05, 0) is 38.1 Å². The summed E-state index contributed by atoms with van der Waals surface area (Å²) in [6.45, 7) is 5.21. The van der Waals surface area contributed by atoms with Crippen molar-refractivity contribution in [3.63, 3.8) is 0 Å². The van der Waals surface area contributed by atoms with Gasteiger partial charge in [0.2, 0.25) is 11.8 Å². The predicted octanol–water partition coefficient (Wildman–Crippen LogP) is 2.49. The molecule has 0 atom stereocenters. The van der Waals surface area contributed by atoms with E-state index in [4.69, 9.17) is 9.15 Å². The van der Waals surface area contributed by atoms with Crippen LogP contribution in [0.25, 0.3) is 0 Å². The Hall–Kier alpha value is -2.64. The second-order valence-electron chi connectivity index (χ2n) is 7.04. The highest BCUT2D eigenvalue weighted by Gasteiger charge is 2.43. The molecule has 1 aliphatic heterocycles. The average molecular weight is 371 g/mol. The molecule has 2 heterocycles. The van der Waals surface area contributed by atoms with E-state index in [9.17, 15) is 9.59 Å². The number of carbonyl (C=O) groups excluding carboxylic acids is 2. The van der Waals surface area contributed by atoms with Gasteiger partial charge in [-0.25, -0.2) is 0 Å². The van der Waals surface area contributed by atoms with Crippen LogP contribution in [0.15, 0.2) is 47.1 Å². The van der Waals surface area contributed by atoms with Gasteiger partial charge < -0.3 is 14.5 Å². The zero-order valence-corrected chi connectivity index (χ0v) is 15.9. The number of ether oxygens (including phenoxy) is 1. The number of para-hydroxylation sites is 2. The quantitative estimate of drug-likeness (QED) is 0.809. The maximum absolute atomic E-state index is 13.3. The van der Waals surface area contributed by atoms with Gasteiger partial charge in [0.1, 0.15) is 11.3 Å². The maximum atomic E-state index is 13.3. The number of carbonyl (C=O) groups is 2. The van der Waals surface area contributed by atoms with E-state index in [2.05, 4.69) is 5.32 Å². The third-order valence-electron chi connectivity index (χ3n) is 4.69. The van der Waals surface area contributed by atoms with Gasteiger partial charge in [-0.1, -0.05) is 12.1 Å². The van der Waals surface area contributed by atoms with E-state index in [0.29, 0.717) is 31.1 Å². The highest BCUT2D eigenvalue weighted by atomic mass is 16.5. The number of rotatable bonds is 7. The standard InChI is InChI=1S/C20H25N3O4/c1-20(2)19(25)21-16-8-4-5-9-17(16)23(20)18(24)14-22(10-12-26-3)13-15-7-6-11-27-15/h4-9,11H,10,12-14H2,1-3H3,(H,21,25). The van der Waals surface area contributed by atoms with Crippen molar-refractivity contribution in [2.75, 3.05) is 37.0 Å². The summed E-state index contributed by atoms with van der Waals surface area (Å²) in [5.41, 5.74) is 0.365. The Labute approximate surface area is 158 Å². The molecule has 0 bridgehead atoms. The Morgan fingerprint density at radius 3 is 2.74 bits per heavy atom. The number of furan rings is 1. The van der Waals surface area contributed by atoms with Gasteiger partial charge in [-0.3, -0.25) is 19.4 Å². The van der Waals surface area contributed by atoms with E-state index in [1.807, 2.05) is 35.2 Å². The molecule has 1 aliphatic rings. The normalized spacial score (nSPS) is 15.6. The van der Waals surface area contributed by atoms with Crippen molar-refractivity contribution in [3.05, 3.63) is 48.4 Å². The highest BCUT2D eigenvalue weighted by molar-refractivity contribution is 6.14. The summed E-state index contributed by atoms with van der Waals surface area (Å²) >= 11 is 0. The van der Waals surface area contributed by atoms with E-state index in [-0.39, 0.29) is 18.4 Å². The summed E-state index contributed by atoms with van der Waals surface area (Å²) in [7, 11) is 1.63. The van der Waals surface area contributed by atoms with Crippen LogP contribution in [0.3, 0.4) is 0 Å². The van der Waals surface area contributed by atoms with Crippen LogP contribution in [-0.2, 0) is 20.9 Å². The molecule has 144 valence electrons. The molecule has 7 heteroatoms. The number of methoxy groups -OCH3 is 1. The lowest BCUT2D eigenvalue weighted by Crippen LogP contribution is -2.60. The summed E-state index contributed by atoms with van der Waals surface area (Å²) in [6.07, 6.45) is 1.61. The smallest absolute Gasteiger partial charge is 0.250 e. The summed E-state index contributed by atoms with van der Waals surface area (Å²) < 4.78 is 10.6. The Kier molecular flexibility index (Phi) is 5.62. The molecule has 2 aromatic rings. The molecular weight excluding hydrogens is 346 g/mol. The minimum absolute atomic E-state index is 0.148. The monoisotopic (exact) mass is 371 g/mol. The van der Waals surface area contributed by atoms with Gasteiger partial charge in [0.05, 0.1) is 37.3 Å². The van der Waals surface area contributed by atoms with Crippen molar-refractivity contribution in [2.45, 2.75) is 25.9 Å². The largest absolute Gasteiger partial charge is 0.468 e. The molecule has 0 saturated carbocycles. The lowest BCUT2D eigenvalue weighted by Gasteiger charge is -2.42. The fourth-order valence-corrected chi connectivity index (χ4v) is 3.22. The number of hydrogen-bond acceptors (Lipinski definition) is 5. The molecule has 0 aliphatic carbocycles. The third kappa shape index (κ3) is 4.04. The molecule has 2 amide bonds. The molecule has 27 heavy (non-hydrogen) atoms. The summed E-state index contributed by atoms with van der Waals surface area (Å²) in [4.78, 5) is 29.4. The zero-order chi connectivity index (χ0) is 19.4. The van der Waals surface area contributed by atoms with Gasteiger partial charge >= 0.3 is 0 Å².